The molecule has 6 heteroatoms. The quantitative estimate of drug-likeness (QED) is 0.533. The van der Waals surface area contributed by atoms with Crippen LogP contribution in [0.5, 0.6) is 0 Å². The van der Waals surface area contributed by atoms with E-state index in [-0.39, 0.29) is 4.84 Å². The fourth-order valence-corrected chi connectivity index (χ4v) is 2.26. The second-order valence-electron chi connectivity index (χ2n) is 4.30. The van der Waals surface area contributed by atoms with Gasteiger partial charge in [0.2, 0.25) is 0 Å². The fourth-order valence-electron chi connectivity index (χ4n) is 1.97. The Kier molecular flexibility index (Phi) is 3.08. The minimum Gasteiger partial charge on any atom is -0.426 e. The average Bonchev–Trinajstić information content (AvgIpc) is 2.72. The van der Waals surface area contributed by atoms with Gasteiger partial charge in [-0.15, -0.1) is 0 Å². The largest absolute Gasteiger partial charge is 0.426 e. The zero-order valence-electron chi connectivity index (χ0n) is 10.1. The molecule has 3 heterocycles. The van der Waals surface area contributed by atoms with Crippen molar-refractivity contribution in [1.29, 1.82) is 0 Å². The van der Waals surface area contributed by atoms with Gasteiger partial charge in [-0.25, -0.2) is 4.98 Å². The third-order valence-corrected chi connectivity index (χ3v) is 3.14. The Balaban J connectivity index is 2.05. The van der Waals surface area contributed by atoms with E-state index in [1.807, 2.05) is 29.8 Å². The molecule has 0 N–H and O–H groups in total. The van der Waals surface area contributed by atoms with Crippen LogP contribution in [0.4, 0.5) is 0 Å². The molecular weight excluding hydrogens is 282 g/mol. The van der Waals surface area contributed by atoms with Crippen LogP contribution in [0, 0.1) is 11.8 Å². The molecule has 1 aromatic heterocycles. The Bertz CT molecular complexity index is 748. The van der Waals surface area contributed by atoms with Gasteiger partial charge in [-0.1, -0.05) is 17.7 Å². The summed E-state index contributed by atoms with van der Waals surface area (Å²) in [5, 5.41) is 0.484. The summed E-state index contributed by atoms with van der Waals surface area (Å²) in [5.74, 6) is 1.44. The molecule has 0 spiro atoms. The van der Waals surface area contributed by atoms with Gasteiger partial charge in [-0.3, -0.25) is 0 Å². The third kappa shape index (κ3) is 2.52. The van der Waals surface area contributed by atoms with Crippen molar-refractivity contribution in [3.63, 3.8) is 0 Å². The maximum atomic E-state index is 5.78. The van der Waals surface area contributed by atoms with Gasteiger partial charge in [0.1, 0.15) is 5.15 Å². The average molecular weight is 292 g/mol. The third-order valence-electron chi connectivity index (χ3n) is 2.75. The van der Waals surface area contributed by atoms with E-state index in [1.165, 1.54) is 0 Å². The summed E-state index contributed by atoms with van der Waals surface area (Å²) in [5.41, 5.74) is 2.12. The first-order chi connectivity index (χ1) is 9.11. The number of hydrogen-bond acceptors (Lipinski definition) is 4. The molecule has 0 saturated carbocycles. The van der Waals surface area contributed by atoms with Gasteiger partial charge in [0, 0.05) is 12.4 Å². The molecule has 1 aromatic rings. The summed E-state index contributed by atoms with van der Waals surface area (Å²) < 4.78 is 7.39. The molecule has 0 aliphatic carbocycles. The summed E-state index contributed by atoms with van der Waals surface area (Å²) in [6.07, 6.45) is 3.76. The molecule has 0 fully saturated rings. The predicted molar refractivity (Wildman–Crippen MR) is 75.0 cm³/mol. The number of rotatable bonds is 2. The minimum absolute atomic E-state index is 0.253. The van der Waals surface area contributed by atoms with Crippen molar-refractivity contribution in [3.8, 4) is 11.6 Å². The molecule has 2 aliphatic heterocycles. The van der Waals surface area contributed by atoms with Gasteiger partial charge in [0.15, 0.2) is 11.6 Å². The normalized spacial score (nSPS) is 11.1. The van der Waals surface area contributed by atoms with Crippen LogP contribution in [-0.2, 0) is 6.54 Å². The molecule has 0 unspecified atom stereocenters. The first-order valence-corrected chi connectivity index (χ1v) is 6.48. The SMILES string of the molecule is Cc1cc2oc(=S)nc-2n(Cc2ccc(Cl)nc2)c1. The highest BCUT2D eigenvalue weighted by atomic mass is 35.5. The van der Waals surface area contributed by atoms with Gasteiger partial charge >= 0.3 is 0 Å². The molecule has 19 heavy (non-hydrogen) atoms. The highest BCUT2D eigenvalue weighted by Crippen LogP contribution is 2.23. The number of oxazole rings is 1. The lowest BCUT2D eigenvalue weighted by molar-refractivity contribution is 0.554. The summed E-state index contributed by atoms with van der Waals surface area (Å²) in [4.78, 5) is 8.56. The topological polar surface area (TPSA) is 43.9 Å². The molecule has 0 aromatic carbocycles. The first kappa shape index (κ1) is 12.3. The number of halogens is 1. The molecular formula is C13H10ClN3OS. The van der Waals surface area contributed by atoms with Gasteiger partial charge in [0.05, 0.1) is 6.54 Å². The Morgan fingerprint density at radius 2 is 2.26 bits per heavy atom. The number of nitrogens with zero attached hydrogens (tertiary/aromatic N) is 3. The zero-order chi connectivity index (χ0) is 13.4. The van der Waals surface area contributed by atoms with Crippen LogP contribution < -0.4 is 0 Å². The van der Waals surface area contributed by atoms with E-state index < -0.39 is 0 Å². The second kappa shape index (κ2) is 4.75. The summed E-state index contributed by atoms with van der Waals surface area (Å²) in [6, 6.07) is 5.63. The Hall–Kier alpha value is -1.72. The molecule has 3 rings (SSSR count). The molecule has 96 valence electrons. The van der Waals surface area contributed by atoms with E-state index in [1.54, 1.807) is 12.3 Å². The molecule has 0 amide bonds. The summed E-state index contributed by atoms with van der Waals surface area (Å²) in [6.45, 7) is 2.64. The maximum Gasteiger partial charge on any atom is 0.291 e. The molecule has 0 radical (unpaired) electrons. The number of aromatic nitrogens is 3. The van der Waals surface area contributed by atoms with Gasteiger partial charge in [0.25, 0.3) is 4.84 Å². The van der Waals surface area contributed by atoms with Crippen LogP contribution in [0.15, 0.2) is 35.0 Å². The minimum atomic E-state index is 0.253. The molecule has 0 atom stereocenters. The lowest BCUT2D eigenvalue weighted by Gasteiger charge is -2.11. The molecule has 4 nitrogen and oxygen atoms in total. The number of pyridine rings is 2. The standard InChI is InChI=1S/C13H10ClN3OS/c1-8-4-10-12(16-13(19)18-10)17(6-8)7-9-2-3-11(14)15-5-9/h2-6H,7H2,1H3. The van der Waals surface area contributed by atoms with Crippen LogP contribution in [0.25, 0.3) is 11.6 Å². The van der Waals surface area contributed by atoms with Gasteiger partial charge in [-0.05, 0) is 42.4 Å². The van der Waals surface area contributed by atoms with Crippen LogP contribution in [0.3, 0.4) is 0 Å². The highest BCUT2D eigenvalue weighted by molar-refractivity contribution is 7.71. The van der Waals surface area contributed by atoms with E-state index in [9.17, 15) is 0 Å². The molecule has 2 aliphatic rings. The maximum absolute atomic E-state index is 5.78. The lowest BCUT2D eigenvalue weighted by Crippen LogP contribution is -2.06. The molecule has 0 saturated heterocycles. The second-order valence-corrected chi connectivity index (χ2v) is 5.04. The number of hydrogen-bond donors (Lipinski definition) is 0. The molecule has 0 bridgehead atoms. The Labute approximate surface area is 120 Å². The smallest absolute Gasteiger partial charge is 0.291 e. The van der Waals surface area contributed by atoms with Crippen molar-refractivity contribution >= 4 is 23.8 Å². The van der Waals surface area contributed by atoms with Crippen LogP contribution in [0.2, 0.25) is 5.15 Å². The van der Waals surface area contributed by atoms with Crippen molar-refractivity contribution in [2.45, 2.75) is 13.5 Å². The number of aryl methyl sites for hydroxylation is 1. The van der Waals surface area contributed by atoms with E-state index in [4.69, 9.17) is 28.2 Å². The van der Waals surface area contributed by atoms with Crippen molar-refractivity contribution < 1.29 is 4.42 Å². The van der Waals surface area contributed by atoms with Crippen LogP contribution in [0.1, 0.15) is 11.1 Å². The Morgan fingerprint density at radius 3 is 3.00 bits per heavy atom. The zero-order valence-corrected chi connectivity index (χ0v) is 11.7. The van der Waals surface area contributed by atoms with E-state index in [0.29, 0.717) is 17.5 Å². The van der Waals surface area contributed by atoms with Crippen LogP contribution >= 0.6 is 23.8 Å². The van der Waals surface area contributed by atoms with E-state index in [0.717, 1.165) is 17.0 Å². The summed E-state index contributed by atoms with van der Waals surface area (Å²) in [7, 11) is 0. The van der Waals surface area contributed by atoms with Crippen molar-refractivity contribution in [1.82, 2.24) is 14.5 Å². The summed E-state index contributed by atoms with van der Waals surface area (Å²) >= 11 is 10.8. The monoisotopic (exact) mass is 291 g/mol. The van der Waals surface area contributed by atoms with Gasteiger partial charge < -0.3 is 8.98 Å². The highest BCUT2D eigenvalue weighted by Gasteiger charge is 2.13. The van der Waals surface area contributed by atoms with E-state index >= 15 is 0 Å². The van der Waals surface area contributed by atoms with Crippen molar-refractivity contribution in [2.75, 3.05) is 0 Å². The lowest BCUT2D eigenvalue weighted by atomic mass is 10.2. The van der Waals surface area contributed by atoms with Crippen LogP contribution in [-0.4, -0.2) is 14.5 Å². The van der Waals surface area contributed by atoms with Gasteiger partial charge in [-0.2, -0.15) is 4.98 Å². The number of fused-ring (bicyclic) bond motifs is 1. The first-order valence-electron chi connectivity index (χ1n) is 5.70. The fraction of sp³-hybridized carbons (Fsp3) is 0.154. The van der Waals surface area contributed by atoms with Crippen molar-refractivity contribution in [3.05, 3.63) is 51.7 Å². The Morgan fingerprint density at radius 1 is 1.42 bits per heavy atom. The van der Waals surface area contributed by atoms with E-state index in [2.05, 4.69) is 9.97 Å². The van der Waals surface area contributed by atoms with Crippen molar-refractivity contribution in [2.24, 2.45) is 0 Å². The predicted octanol–water partition coefficient (Wildman–Crippen LogP) is 3.72.